The van der Waals surface area contributed by atoms with Crippen LogP contribution in [0, 0.1) is 37.4 Å². The van der Waals surface area contributed by atoms with E-state index in [2.05, 4.69) is 60.9 Å². The lowest BCUT2D eigenvalue weighted by atomic mass is 9.49. The zero-order valence-electron chi connectivity index (χ0n) is 33.5. The van der Waals surface area contributed by atoms with E-state index in [0.29, 0.717) is 18.6 Å². The Kier molecular flexibility index (Phi) is 9.18. The molecule has 4 saturated carbocycles. The SMILES string of the molecule is CCC1(CC)C=C(COC(=CC(C)OC)CCc2ccc(CF)cc2)n2c3cc(C)c(C)cc3[n+]3c(C45CC6CC(CC(C6)C4)C5)nc4cc(F)cc1c4c23. The number of aryl methyl sites for hydroxylation is 3. The fourth-order valence-electron chi connectivity index (χ4n) is 11.6. The van der Waals surface area contributed by atoms with Gasteiger partial charge in [0, 0.05) is 25.0 Å². The van der Waals surface area contributed by atoms with Crippen LogP contribution in [0.15, 0.2) is 66.4 Å². The highest BCUT2D eigenvalue weighted by Gasteiger charge is 2.56. The maximum Gasteiger partial charge on any atom is 0.250 e. The van der Waals surface area contributed by atoms with E-state index < -0.39 is 12.1 Å². The topological polar surface area (TPSA) is 40.4 Å². The maximum absolute atomic E-state index is 16.1. The van der Waals surface area contributed by atoms with Crippen molar-refractivity contribution in [2.24, 2.45) is 17.8 Å². The molecule has 1 aliphatic heterocycles. The van der Waals surface area contributed by atoms with Crippen LogP contribution < -0.4 is 4.40 Å². The Morgan fingerprint density at radius 2 is 1.62 bits per heavy atom. The van der Waals surface area contributed by atoms with Crippen molar-refractivity contribution in [3.8, 4) is 0 Å². The number of methoxy groups -OCH3 is 1. The van der Waals surface area contributed by atoms with E-state index in [4.69, 9.17) is 14.5 Å². The smallest absolute Gasteiger partial charge is 0.250 e. The lowest BCUT2D eigenvalue weighted by Gasteiger charge is -2.55. The van der Waals surface area contributed by atoms with E-state index in [1.807, 2.05) is 31.2 Å². The summed E-state index contributed by atoms with van der Waals surface area (Å²) >= 11 is 0. The lowest BCUT2D eigenvalue weighted by molar-refractivity contribution is -0.504. The van der Waals surface area contributed by atoms with Gasteiger partial charge in [0.25, 0.3) is 0 Å². The molecule has 2 aromatic heterocycles. The quantitative estimate of drug-likeness (QED) is 0.0943. The summed E-state index contributed by atoms with van der Waals surface area (Å²) in [6.45, 7) is 10.8. The van der Waals surface area contributed by atoms with Gasteiger partial charge < -0.3 is 9.47 Å². The van der Waals surface area contributed by atoms with Crippen molar-refractivity contribution in [2.75, 3.05) is 13.7 Å². The molecule has 5 aliphatic rings. The van der Waals surface area contributed by atoms with E-state index in [9.17, 15) is 4.39 Å². The third-order valence-electron chi connectivity index (χ3n) is 14.3. The molecule has 3 heterocycles. The third kappa shape index (κ3) is 6.02. The van der Waals surface area contributed by atoms with Gasteiger partial charge in [0.05, 0.1) is 22.7 Å². The van der Waals surface area contributed by atoms with Crippen LogP contribution in [-0.2, 0) is 33.4 Å². The highest BCUT2D eigenvalue weighted by Crippen LogP contribution is 2.60. The average Bonchev–Trinajstić information content (AvgIpc) is 3.42. The Balaban J connectivity index is 1.26. The third-order valence-corrected chi connectivity index (χ3v) is 14.3. The zero-order valence-corrected chi connectivity index (χ0v) is 33.5. The number of allylic oxidation sites excluding steroid dienone is 2. The summed E-state index contributed by atoms with van der Waals surface area (Å²) in [5.74, 6) is 4.00. The van der Waals surface area contributed by atoms with Gasteiger partial charge in [0.2, 0.25) is 11.5 Å². The van der Waals surface area contributed by atoms with E-state index in [-0.39, 0.29) is 17.3 Å². The molecule has 0 saturated heterocycles. The van der Waals surface area contributed by atoms with Gasteiger partial charge in [-0.3, -0.25) is 0 Å². The minimum absolute atomic E-state index is 0.0219. The van der Waals surface area contributed by atoms with E-state index in [0.717, 1.165) is 87.5 Å². The Hall–Kier alpha value is -4.10. The molecule has 4 fully saturated rings. The molecule has 5 nitrogen and oxygen atoms in total. The second-order valence-electron chi connectivity index (χ2n) is 17.7. The number of nitrogens with zero attached hydrogens (tertiary/aromatic N) is 3. The number of hydrogen-bond donors (Lipinski definition) is 0. The molecular formula is C48H56F2N3O2+. The number of alkyl halides is 1. The van der Waals surface area contributed by atoms with E-state index >= 15 is 4.39 Å². The Morgan fingerprint density at radius 3 is 2.25 bits per heavy atom. The van der Waals surface area contributed by atoms with Crippen molar-refractivity contribution in [3.63, 3.8) is 0 Å². The van der Waals surface area contributed by atoms with Crippen molar-refractivity contribution in [2.45, 2.75) is 122 Å². The largest absolute Gasteiger partial charge is 0.490 e. The number of imidazole rings is 1. The van der Waals surface area contributed by atoms with Crippen LogP contribution in [0.2, 0.25) is 0 Å². The number of benzene rings is 3. The van der Waals surface area contributed by atoms with Gasteiger partial charge in [-0.15, -0.1) is 4.98 Å². The molecule has 1 atom stereocenters. The first kappa shape index (κ1) is 36.5. The molecule has 1 unspecified atom stereocenters. The van der Waals surface area contributed by atoms with Crippen LogP contribution in [0.1, 0.15) is 112 Å². The number of rotatable bonds is 12. The van der Waals surface area contributed by atoms with Gasteiger partial charge in [-0.25, -0.2) is 13.3 Å². The Labute approximate surface area is 324 Å². The number of ether oxygens (including phenoxy) is 2. The average molecular weight is 745 g/mol. The second-order valence-corrected chi connectivity index (χ2v) is 17.7. The first-order chi connectivity index (χ1) is 26.6. The summed E-state index contributed by atoms with van der Waals surface area (Å²) in [5, 5.41) is 1.05. The molecule has 3 aromatic carbocycles. The van der Waals surface area contributed by atoms with Gasteiger partial charge in [-0.2, -0.15) is 4.40 Å². The summed E-state index contributed by atoms with van der Waals surface area (Å²) in [4.78, 5) is 5.66. The molecular weight excluding hydrogens is 689 g/mol. The highest BCUT2D eigenvalue weighted by atomic mass is 19.1. The summed E-state index contributed by atoms with van der Waals surface area (Å²) in [6.07, 6.45) is 15.0. The zero-order chi connectivity index (χ0) is 38.2. The van der Waals surface area contributed by atoms with Crippen LogP contribution in [0.25, 0.3) is 33.3 Å². The minimum atomic E-state index is -0.463. The number of hydrogen-bond acceptors (Lipinski definition) is 3. The van der Waals surface area contributed by atoms with Crippen molar-refractivity contribution in [1.82, 2.24) is 9.55 Å². The normalized spacial score (nSPS) is 24.6. The van der Waals surface area contributed by atoms with Crippen LogP contribution in [0.5, 0.6) is 0 Å². The summed E-state index contributed by atoms with van der Waals surface area (Å²) in [6, 6.07) is 15.9. The van der Waals surface area contributed by atoms with Gasteiger partial charge in [0.15, 0.2) is 5.52 Å². The molecule has 4 bridgehead atoms. The summed E-state index contributed by atoms with van der Waals surface area (Å²) < 4.78 is 47.0. The highest BCUT2D eigenvalue weighted by molar-refractivity contribution is 6.00. The molecule has 7 heteroatoms. The number of halogens is 2. The standard InChI is InChI=1S/C48H56F2N3O2/c1-7-47(8-2)26-38(28-55-39(17-31(5)54-6)14-13-32-9-11-33(27-49)12-10-32)52-42-15-29(3)30(4)16-43(42)53-45(52)44-40(47)21-37(50)22-41(44)51-46(53)48-23-34-18-35(24-48)20-36(19-34)25-48/h9-12,15-17,21-22,26,31,34-36H,7-8,13-14,18-20,23-25,27-28H2,1-6H3/q+1. The molecule has 288 valence electrons. The second kappa shape index (κ2) is 13.8. The molecule has 0 N–H and O–H groups in total. The van der Waals surface area contributed by atoms with Crippen molar-refractivity contribution >= 4 is 33.3 Å². The maximum atomic E-state index is 16.1. The predicted octanol–water partition coefficient (Wildman–Crippen LogP) is 11.1. The van der Waals surface area contributed by atoms with Crippen LogP contribution in [0.3, 0.4) is 0 Å². The molecule has 0 spiro atoms. The summed E-state index contributed by atoms with van der Waals surface area (Å²) in [7, 11) is 1.72. The predicted molar refractivity (Wildman–Crippen MR) is 216 cm³/mol. The first-order valence-electron chi connectivity index (χ1n) is 20.8. The van der Waals surface area contributed by atoms with Crippen molar-refractivity contribution in [1.29, 1.82) is 0 Å². The van der Waals surface area contributed by atoms with Crippen molar-refractivity contribution < 1.29 is 22.7 Å². The molecule has 5 aromatic rings. The minimum Gasteiger partial charge on any atom is -0.490 e. The van der Waals surface area contributed by atoms with Gasteiger partial charge in [-0.05, 0) is 154 Å². The number of fused-ring (bicyclic) bond motifs is 3. The molecule has 0 amide bonds. The first-order valence-corrected chi connectivity index (χ1v) is 20.8. The van der Waals surface area contributed by atoms with E-state index in [1.54, 1.807) is 19.2 Å². The fraction of sp³-hybridized carbons (Fsp3) is 0.500. The number of aromatic nitrogens is 3. The van der Waals surface area contributed by atoms with E-state index in [1.165, 1.54) is 55.2 Å². The molecule has 4 aliphatic carbocycles. The monoisotopic (exact) mass is 744 g/mol. The van der Waals surface area contributed by atoms with Crippen molar-refractivity contribution in [3.05, 3.63) is 106 Å². The fourth-order valence-corrected chi connectivity index (χ4v) is 11.6. The molecule has 0 radical (unpaired) electrons. The van der Waals surface area contributed by atoms with Gasteiger partial charge >= 0.3 is 0 Å². The Bertz CT molecular complexity index is 2330. The van der Waals surface area contributed by atoms with Gasteiger partial charge in [-0.1, -0.05) is 38.1 Å². The summed E-state index contributed by atoms with van der Waals surface area (Å²) in [5.41, 5.74) is 10.1. The molecule has 10 rings (SSSR count). The lowest BCUT2D eigenvalue weighted by Crippen LogP contribution is -2.53. The Morgan fingerprint density at radius 1 is 0.964 bits per heavy atom. The van der Waals surface area contributed by atoms with Crippen LogP contribution in [-0.4, -0.2) is 29.4 Å². The van der Waals surface area contributed by atoms with Crippen LogP contribution in [0.4, 0.5) is 8.78 Å². The molecule has 55 heavy (non-hydrogen) atoms. The van der Waals surface area contributed by atoms with Gasteiger partial charge in [0.1, 0.15) is 35.8 Å². The van der Waals surface area contributed by atoms with Crippen LogP contribution >= 0.6 is 0 Å².